The van der Waals surface area contributed by atoms with Crippen molar-refractivity contribution in [3.05, 3.63) is 35.9 Å². The van der Waals surface area contributed by atoms with Crippen molar-refractivity contribution in [2.45, 2.75) is 19.4 Å². The summed E-state index contributed by atoms with van der Waals surface area (Å²) in [4.78, 5) is 0. The Hall–Kier alpha value is -0.530. The maximum absolute atomic E-state index is 5.81. The molecule has 0 radical (unpaired) electrons. The molecule has 1 aromatic carbocycles. The minimum atomic E-state index is 0.383. The number of hydrogen-bond acceptors (Lipinski definition) is 1. The van der Waals surface area contributed by atoms with Crippen molar-refractivity contribution in [2.75, 3.05) is 7.05 Å². The van der Waals surface area contributed by atoms with Gasteiger partial charge in [0, 0.05) is 13.1 Å². The first-order valence-electron chi connectivity index (χ1n) is 4.12. The molecule has 0 aliphatic rings. The van der Waals surface area contributed by atoms with Gasteiger partial charge in [0.25, 0.3) is 0 Å². The fourth-order valence-electron chi connectivity index (χ4n) is 1.08. The molecule has 0 saturated carbocycles. The molecule has 0 fully saturated rings. The molecule has 0 amide bonds. The van der Waals surface area contributed by atoms with E-state index in [4.69, 9.17) is 11.8 Å². The highest BCUT2D eigenvalue weighted by Gasteiger charge is 2.06. The summed E-state index contributed by atoms with van der Waals surface area (Å²) in [6.07, 6.45) is 1.00. The molecule has 12 heavy (non-hydrogen) atoms. The summed E-state index contributed by atoms with van der Waals surface area (Å²) in [5, 5.41) is 0. The molecule has 2 heteroatoms. The van der Waals surface area contributed by atoms with Crippen LogP contribution in [0, 0.1) is 0 Å². The second kappa shape index (κ2) is 4.48. The topological polar surface area (TPSA) is 3.24 Å². The highest BCUT2D eigenvalue weighted by molar-refractivity contribution is 6.13. The predicted octanol–water partition coefficient (Wildman–Crippen LogP) is 2.70. The van der Waals surface area contributed by atoms with Gasteiger partial charge < -0.3 is 0 Å². The van der Waals surface area contributed by atoms with Gasteiger partial charge in [-0.05, 0) is 30.7 Å². The van der Waals surface area contributed by atoms with E-state index in [1.807, 2.05) is 13.1 Å². The molecule has 0 aromatic heterocycles. The fraction of sp³-hybridized carbons (Fsp3) is 0.400. The van der Waals surface area contributed by atoms with Crippen LogP contribution in [0.25, 0.3) is 0 Å². The maximum atomic E-state index is 5.81. The van der Waals surface area contributed by atoms with Crippen LogP contribution in [0.4, 0.5) is 0 Å². The lowest BCUT2D eigenvalue weighted by Gasteiger charge is -2.16. The molecular weight excluding hydrogens is 170 g/mol. The Kier molecular flexibility index (Phi) is 3.57. The summed E-state index contributed by atoms with van der Waals surface area (Å²) < 4.78 is 1.72. The minimum absolute atomic E-state index is 0.383. The van der Waals surface area contributed by atoms with Crippen molar-refractivity contribution in [3.63, 3.8) is 0 Å². The van der Waals surface area contributed by atoms with E-state index in [2.05, 4.69) is 31.2 Å². The number of rotatable bonds is 3. The van der Waals surface area contributed by atoms with Gasteiger partial charge in [-0.15, -0.1) is 0 Å². The summed E-state index contributed by atoms with van der Waals surface area (Å²) in [7, 11) is 1.88. The van der Waals surface area contributed by atoms with Crippen LogP contribution in [0.3, 0.4) is 0 Å². The molecule has 1 aromatic rings. The zero-order valence-electron chi connectivity index (χ0n) is 7.50. The standard InChI is InChI=1S/C10H14ClN/c1-9(12(2)11)8-10-6-4-3-5-7-10/h3-7,9H,8H2,1-2H3. The first-order chi connectivity index (χ1) is 5.70. The summed E-state index contributed by atoms with van der Waals surface area (Å²) in [6, 6.07) is 10.8. The molecule has 0 N–H and O–H groups in total. The van der Waals surface area contributed by atoms with E-state index in [9.17, 15) is 0 Å². The number of halogens is 1. The van der Waals surface area contributed by atoms with Crippen LogP contribution in [-0.2, 0) is 6.42 Å². The SMILES string of the molecule is CC(Cc1ccccc1)N(C)Cl. The lowest BCUT2D eigenvalue weighted by atomic mass is 10.1. The predicted molar refractivity (Wildman–Crippen MR) is 53.2 cm³/mol. The van der Waals surface area contributed by atoms with Crippen LogP contribution in [0.15, 0.2) is 30.3 Å². The summed E-state index contributed by atoms with van der Waals surface area (Å²) in [5.41, 5.74) is 1.33. The van der Waals surface area contributed by atoms with Crippen LogP contribution in [0.5, 0.6) is 0 Å². The zero-order chi connectivity index (χ0) is 8.97. The Labute approximate surface area is 79.1 Å². The Morgan fingerprint density at radius 1 is 1.33 bits per heavy atom. The molecule has 1 unspecified atom stereocenters. The molecule has 0 aliphatic carbocycles. The molecular formula is C10H14ClN. The van der Waals surface area contributed by atoms with E-state index >= 15 is 0 Å². The molecule has 1 rings (SSSR count). The van der Waals surface area contributed by atoms with Crippen LogP contribution >= 0.6 is 11.8 Å². The average molecular weight is 184 g/mol. The number of hydrogen-bond donors (Lipinski definition) is 0. The van der Waals surface area contributed by atoms with Crippen molar-refractivity contribution in [1.82, 2.24) is 4.42 Å². The normalized spacial score (nSPS) is 13.3. The fourth-order valence-corrected chi connectivity index (χ4v) is 1.15. The van der Waals surface area contributed by atoms with Crippen molar-refractivity contribution >= 4 is 11.8 Å². The van der Waals surface area contributed by atoms with E-state index in [0.29, 0.717) is 6.04 Å². The number of benzene rings is 1. The third-order valence-corrected chi connectivity index (χ3v) is 2.31. The lowest BCUT2D eigenvalue weighted by Crippen LogP contribution is -2.21. The molecule has 0 heterocycles. The van der Waals surface area contributed by atoms with Gasteiger partial charge in [-0.1, -0.05) is 30.3 Å². The molecule has 1 atom stereocenters. The van der Waals surface area contributed by atoms with E-state index < -0.39 is 0 Å². The van der Waals surface area contributed by atoms with Gasteiger partial charge in [-0.3, -0.25) is 0 Å². The van der Waals surface area contributed by atoms with Crippen LogP contribution in [-0.4, -0.2) is 17.5 Å². The van der Waals surface area contributed by atoms with Crippen LogP contribution in [0.2, 0.25) is 0 Å². The second-order valence-electron chi connectivity index (χ2n) is 3.06. The van der Waals surface area contributed by atoms with Gasteiger partial charge >= 0.3 is 0 Å². The van der Waals surface area contributed by atoms with Crippen LogP contribution < -0.4 is 0 Å². The first-order valence-corrected chi connectivity index (χ1v) is 4.46. The van der Waals surface area contributed by atoms with E-state index in [1.54, 1.807) is 4.42 Å². The minimum Gasteiger partial charge on any atom is -0.220 e. The monoisotopic (exact) mass is 183 g/mol. The second-order valence-corrected chi connectivity index (χ2v) is 3.60. The van der Waals surface area contributed by atoms with Crippen LogP contribution in [0.1, 0.15) is 12.5 Å². The van der Waals surface area contributed by atoms with Gasteiger partial charge in [-0.2, -0.15) is 0 Å². The lowest BCUT2D eigenvalue weighted by molar-refractivity contribution is 0.420. The van der Waals surface area contributed by atoms with Gasteiger partial charge in [-0.25, -0.2) is 4.42 Å². The quantitative estimate of drug-likeness (QED) is 0.652. The van der Waals surface area contributed by atoms with Crippen molar-refractivity contribution in [1.29, 1.82) is 0 Å². The van der Waals surface area contributed by atoms with Gasteiger partial charge in [0.15, 0.2) is 0 Å². The highest BCUT2D eigenvalue weighted by atomic mass is 35.5. The first kappa shape index (κ1) is 9.56. The summed E-state index contributed by atoms with van der Waals surface area (Å²) in [5.74, 6) is 0. The smallest absolute Gasteiger partial charge is 0.0260 e. The van der Waals surface area contributed by atoms with Gasteiger partial charge in [0.2, 0.25) is 0 Å². The Bertz CT molecular complexity index is 221. The number of likely N-dealkylation sites (N-methyl/N-ethyl adjacent to an activating group) is 1. The molecule has 0 saturated heterocycles. The summed E-state index contributed by atoms with van der Waals surface area (Å²) >= 11 is 5.81. The van der Waals surface area contributed by atoms with Crippen molar-refractivity contribution in [3.8, 4) is 0 Å². The van der Waals surface area contributed by atoms with E-state index in [1.165, 1.54) is 5.56 Å². The molecule has 1 nitrogen and oxygen atoms in total. The molecule has 0 bridgehead atoms. The Morgan fingerprint density at radius 2 is 1.92 bits per heavy atom. The molecule has 0 aliphatic heterocycles. The summed E-state index contributed by atoms with van der Waals surface area (Å²) in [6.45, 7) is 2.11. The largest absolute Gasteiger partial charge is 0.220 e. The third kappa shape index (κ3) is 2.84. The molecule has 0 spiro atoms. The van der Waals surface area contributed by atoms with Gasteiger partial charge in [0.05, 0.1) is 0 Å². The average Bonchev–Trinajstić information content (AvgIpc) is 2.06. The van der Waals surface area contributed by atoms with Crippen molar-refractivity contribution in [2.24, 2.45) is 0 Å². The maximum Gasteiger partial charge on any atom is 0.0260 e. The Balaban J connectivity index is 2.53. The van der Waals surface area contributed by atoms with E-state index in [0.717, 1.165) is 6.42 Å². The highest BCUT2D eigenvalue weighted by Crippen LogP contribution is 2.08. The number of nitrogens with zero attached hydrogens (tertiary/aromatic N) is 1. The zero-order valence-corrected chi connectivity index (χ0v) is 8.25. The molecule has 66 valence electrons. The van der Waals surface area contributed by atoms with E-state index in [-0.39, 0.29) is 0 Å². The van der Waals surface area contributed by atoms with Crippen molar-refractivity contribution < 1.29 is 0 Å². The third-order valence-electron chi connectivity index (χ3n) is 1.98. The van der Waals surface area contributed by atoms with Gasteiger partial charge in [0.1, 0.15) is 0 Å². The Morgan fingerprint density at radius 3 is 2.42 bits per heavy atom.